The van der Waals surface area contributed by atoms with Crippen molar-refractivity contribution < 1.29 is 27.6 Å². The minimum absolute atomic E-state index is 0.0767. The van der Waals surface area contributed by atoms with Gasteiger partial charge in [-0.1, -0.05) is 30.3 Å². The monoisotopic (exact) mass is 485 g/mol. The molecule has 3 amide bonds. The molecule has 2 N–H and O–H groups in total. The summed E-state index contributed by atoms with van der Waals surface area (Å²) in [7, 11) is 3.07. The van der Waals surface area contributed by atoms with Crippen molar-refractivity contribution in [3.05, 3.63) is 76.5 Å². The van der Waals surface area contributed by atoms with Gasteiger partial charge in [-0.2, -0.15) is 13.2 Å². The summed E-state index contributed by atoms with van der Waals surface area (Å²) in [5.41, 5.74) is 5.40. The number of fused-ring (bicyclic) bond motifs is 1. The molecule has 1 atom stereocenters. The molecule has 0 spiro atoms. The number of primary amides is 1. The Morgan fingerprint density at radius 1 is 1.06 bits per heavy atom. The lowest BCUT2D eigenvalue weighted by molar-refractivity contribution is -0.145. The Morgan fingerprint density at radius 3 is 2.17 bits per heavy atom. The van der Waals surface area contributed by atoms with Crippen LogP contribution in [0.5, 0.6) is 0 Å². The largest absolute Gasteiger partial charge is 0.416 e. The molecule has 6 nitrogen and oxygen atoms in total. The van der Waals surface area contributed by atoms with E-state index in [4.69, 9.17) is 5.73 Å². The van der Waals surface area contributed by atoms with Crippen LogP contribution in [-0.2, 0) is 33.4 Å². The van der Waals surface area contributed by atoms with Crippen LogP contribution < -0.4 is 10.6 Å². The Labute approximate surface area is 201 Å². The number of hydrogen-bond acceptors (Lipinski definition) is 3. The number of amides is 3. The maximum absolute atomic E-state index is 14.1. The summed E-state index contributed by atoms with van der Waals surface area (Å²) in [5, 5.41) is 0. The molecule has 184 valence electrons. The zero-order chi connectivity index (χ0) is 25.7. The van der Waals surface area contributed by atoms with Gasteiger partial charge in [-0.15, -0.1) is 0 Å². The number of anilines is 1. The van der Waals surface area contributed by atoms with Gasteiger partial charge >= 0.3 is 6.18 Å². The van der Waals surface area contributed by atoms with E-state index in [1.165, 1.54) is 38.1 Å². The van der Waals surface area contributed by atoms with E-state index in [0.717, 1.165) is 28.2 Å². The first-order valence-electron chi connectivity index (χ1n) is 11.2. The molecule has 2 aromatic rings. The van der Waals surface area contributed by atoms with E-state index in [-0.39, 0.29) is 23.4 Å². The first-order chi connectivity index (χ1) is 16.4. The Balaban J connectivity index is 1.91. The van der Waals surface area contributed by atoms with Gasteiger partial charge in [0.1, 0.15) is 5.41 Å². The topological polar surface area (TPSA) is 83.7 Å². The molecule has 0 fully saturated rings. The minimum Gasteiger partial charge on any atom is -0.369 e. The minimum atomic E-state index is -4.64. The molecular formula is C26H26F3N3O3. The van der Waals surface area contributed by atoms with Gasteiger partial charge in [0.15, 0.2) is 0 Å². The smallest absolute Gasteiger partial charge is 0.369 e. The van der Waals surface area contributed by atoms with E-state index >= 15 is 0 Å². The van der Waals surface area contributed by atoms with Crippen LogP contribution >= 0.6 is 0 Å². The Kier molecular flexibility index (Phi) is 5.99. The van der Waals surface area contributed by atoms with Crippen molar-refractivity contribution in [1.82, 2.24) is 4.90 Å². The van der Waals surface area contributed by atoms with Crippen molar-refractivity contribution in [2.24, 2.45) is 17.1 Å². The fourth-order valence-corrected chi connectivity index (χ4v) is 5.22. The maximum atomic E-state index is 14.1. The van der Waals surface area contributed by atoms with E-state index in [0.29, 0.717) is 12.8 Å². The predicted octanol–water partition coefficient (Wildman–Crippen LogP) is 3.69. The molecule has 4 rings (SSSR count). The number of nitrogens with two attached hydrogens (primary N) is 1. The van der Waals surface area contributed by atoms with Crippen molar-refractivity contribution in [2.75, 3.05) is 19.0 Å². The predicted molar refractivity (Wildman–Crippen MR) is 124 cm³/mol. The Morgan fingerprint density at radius 2 is 1.66 bits per heavy atom. The highest BCUT2D eigenvalue weighted by atomic mass is 19.4. The fraction of sp³-hybridized carbons (Fsp3) is 0.346. The van der Waals surface area contributed by atoms with Crippen LogP contribution in [0.1, 0.15) is 30.0 Å². The third-order valence-corrected chi connectivity index (χ3v) is 7.10. The molecule has 0 bridgehead atoms. The fourth-order valence-electron chi connectivity index (χ4n) is 5.22. The number of benzene rings is 2. The number of alkyl halides is 3. The van der Waals surface area contributed by atoms with Gasteiger partial charge < -0.3 is 10.6 Å². The summed E-state index contributed by atoms with van der Waals surface area (Å²) < 4.78 is 40.4. The normalized spacial score (nSPS) is 20.7. The first-order valence-corrected chi connectivity index (χ1v) is 11.2. The third kappa shape index (κ3) is 3.98. The molecule has 2 aliphatic rings. The second kappa shape index (κ2) is 8.55. The van der Waals surface area contributed by atoms with Gasteiger partial charge in [0, 0.05) is 37.5 Å². The SMILES string of the molecule is CC1=C(C(=O)N(C)C)CC(C(N)=O)(C2Cc3ccccc3C2)C(=O)N1c1cccc(C(F)(F)F)c1. The van der Waals surface area contributed by atoms with E-state index in [9.17, 15) is 27.6 Å². The highest BCUT2D eigenvalue weighted by Gasteiger charge is 2.58. The summed E-state index contributed by atoms with van der Waals surface area (Å²) in [6, 6.07) is 11.8. The van der Waals surface area contributed by atoms with E-state index in [1.807, 2.05) is 24.3 Å². The third-order valence-electron chi connectivity index (χ3n) is 7.10. The van der Waals surface area contributed by atoms with Gasteiger partial charge in [0.2, 0.25) is 11.8 Å². The zero-order valence-electron chi connectivity index (χ0n) is 19.6. The van der Waals surface area contributed by atoms with E-state index < -0.39 is 40.8 Å². The quantitative estimate of drug-likeness (QED) is 0.671. The van der Waals surface area contributed by atoms with Gasteiger partial charge in [-0.05, 0) is 55.0 Å². The molecule has 1 aliphatic carbocycles. The van der Waals surface area contributed by atoms with Gasteiger partial charge in [0.05, 0.1) is 5.56 Å². The van der Waals surface area contributed by atoms with Crippen LogP contribution in [0, 0.1) is 11.3 Å². The number of allylic oxidation sites excluding steroid dienone is 1. The summed E-state index contributed by atoms with van der Waals surface area (Å²) >= 11 is 0. The Bertz CT molecular complexity index is 1230. The highest BCUT2D eigenvalue weighted by Crippen LogP contribution is 2.49. The van der Waals surface area contributed by atoms with E-state index in [1.54, 1.807) is 0 Å². The van der Waals surface area contributed by atoms with Crippen molar-refractivity contribution >= 4 is 23.4 Å². The summed E-state index contributed by atoms with van der Waals surface area (Å²) in [6.45, 7) is 1.50. The van der Waals surface area contributed by atoms with Gasteiger partial charge in [0.25, 0.3) is 5.91 Å². The number of carbonyl (C=O) groups excluding carboxylic acids is 3. The van der Waals surface area contributed by atoms with Crippen LogP contribution in [-0.4, -0.2) is 36.7 Å². The average molecular weight is 486 g/mol. The van der Waals surface area contributed by atoms with Gasteiger partial charge in [-0.25, -0.2) is 0 Å². The van der Waals surface area contributed by atoms with Crippen molar-refractivity contribution in [3.63, 3.8) is 0 Å². The zero-order valence-corrected chi connectivity index (χ0v) is 19.6. The summed E-state index contributed by atoms with van der Waals surface area (Å²) in [4.78, 5) is 42.8. The average Bonchev–Trinajstić information content (AvgIpc) is 3.23. The van der Waals surface area contributed by atoms with Crippen LogP contribution in [0.2, 0.25) is 0 Å². The van der Waals surface area contributed by atoms with Crippen LogP contribution in [0.15, 0.2) is 59.8 Å². The van der Waals surface area contributed by atoms with Crippen LogP contribution in [0.4, 0.5) is 18.9 Å². The molecule has 0 aromatic heterocycles. The second-order valence-corrected chi connectivity index (χ2v) is 9.34. The number of likely N-dealkylation sites (N-methyl/N-ethyl adjacent to an activating group) is 1. The molecule has 1 unspecified atom stereocenters. The number of halogens is 3. The van der Waals surface area contributed by atoms with Crippen molar-refractivity contribution in [2.45, 2.75) is 32.4 Å². The lowest BCUT2D eigenvalue weighted by atomic mass is 9.65. The van der Waals surface area contributed by atoms with Crippen LogP contribution in [0.3, 0.4) is 0 Å². The number of hydrogen-bond donors (Lipinski definition) is 1. The molecule has 0 saturated heterocycles. The lowest BCUT2D eigenvalue weighted by Gasteiger charge is -2.44. The lowest BCUT2D eigenvalue weighted by Crippen LogP contribution is -2.59. The molecule has 2 aromatic carbocycles. The van der Waals surface area contributed by atoms with Gasteiger partial charge in [-0.3, -0.25) is 19.3 Å². The highest BCUT2D eigenvalue weighted by molar-refractivity contribution is 6.16. The number of nitrogens with zero attached hydrogens (tertiary/aromatic N) is 2. The first kappa shape index (κ1) is 24.5. The molecule has 35 heavy (non-hydrogen) atoms. The summed E-state index contributed by atoms with van der Waals surface area (Å²) in [5.74, 6) is -2.59. The van der Waals surface area contributed by atoms with Crippen molar-refractivity contribution in [3.8, 4) is 0 Å². The second-order valence-electron chi connectivity index (χ2n) is 9.34. The summed E-state index contributed by atoms with van der Waals surface area (Å²) in [6.07, 6.45) is -4.06. The number of carbonyl (C=O) groups is 3. The maximum Gasteiger partial charge on any atom is 0.416 e. The molecule has 0 saturated carbocycles. The Hall–Kier alpha value is -3.62. The molecule has 1 aliphatic heterocycles. The van der Waals surface area contributed by atoms with E-state index in [2.05, 4.69) is 0 Å². The molecule has 9 heteroatoms. The molecule has 1 heterocycles. The molecule has 0 radical (unpaired) electrons. The number of rotatable bonds is 4. The van der Waals surface area contributed by atoms with Crippen LogP contribution in [0.25, 0.3) is 0 Å². The molecular weight excluding hydrogens is 459 g/mol. The standard InChI is InChI=1S/C26H26F3N3O3/c1-15-21(22(33)31(2)3)14-25(23(30)34,19-11-16-7-4-5-8-17(16)12-19)24(35)32(15)20-10-6-9-18(13-20)26(27,28)29/h4-10,13,19H,11-12,14H2,1-3H3,(H2,30,34). The van der Waals surface area contributed by atoms with Crippen molar-refractivity contribution in [1.29, 1.82) is 0 Å².